The van der Waals surface area contributed by atoms with Gasteiger partial charge in [-0.25, -0.2) is 4.79 Å². The minimum atomic E-state index is -4.07. The number of hydrogen-bond acceptors (Lipinski definition) is 5. The minimum absolute atomic E-state index is 0.0883. The van der Waals surface area contributed by atoms with E-state index in [1.54, 1.807) is 0 Å². The second-order valence-electron chi connectivity index (χ2n) is 7.23. The molecule has 170 valence electrons. The van der Waals surface area contributed by atoms with Gasteiger partial charge >= 0.3 is 18.0 Å². The van der Waals surface area contributed by atoms with Gasteiger partial charge < -0.3 is 25.2 Å². The summed E-state index contributed by atoms with van der Waals surface area (Å²) in [5.74, 6) is -7.65. The molecule has 0 fully saturated rings. The summed E-state index contributed by atoms with van der Waals surface area (Å²) in [6.45, 7) is -3.72. The molecule has 0 spiro atoms. The van der Waals surface area contributed by atoms with Crippen molar-refractivity contribution in [2.24, 2.45) is 0 Å². The third-order valence-corrected chi connectivity index (χ3v) is 5.09. The number of carbonyl (C=O) groups excluding carboxylic acids is 2. The molecule has 0 aromatic heterocycles. The van der Waals surface area contributed by atoms with Crippen LogP contribution in [0.2, 0.25) is 0 Å². The number of carboxylic acid groups (broad SMARTS) is 1. The average molecular weight is 448 g/mol. The fourth-order valence-electron chi connectivity index (χ4n) is 3.68. The van der Waals surface area contributed by atoms with E-state index in [-0.39, 0.29) is 12.5 Å². The molecule has 3 rings (SSSR count). The first-order valence-electron chi connectivity index (χ1n) is 9.83. The molecular formula is C22H22F2N2O6. The normalized spacial score (nSPS) is 12.6. The van der Waals surface area contributed by atoms with Crippen LogP contribution in [-0.2, 0) is 14.3 Å². The van der Waals surface area contributed by atoms with Crippen molar-refractivity contribution in [3.8, 4) is 11.1 Å². The molecule has 0 saturated carbocycles. The Kier molecular flexibility index (Phi) is 7.04. The molecule has 0 aliphatic heterocycles. The van der Waals surface area contributed by atoms with E-state index in [0.717, 1.165) is 22.3 Å². The zero-order valence-corrected chi connectivity index (χ0v) is 17.0. The van der Waals surface area contributed by atoms with Crippen LogP contribution < -0.4 is 5.32 Å². The number of alkyl carbamates (subject to hydrolysis) is 1. The molecule has 1 aliphatic rings. The fraction of sp³-hybridized carbons (Fsp3) is 0.318. The van der Waals surface area contributed by atoms with Crippen LogP contribution in [0, 0.1) is 0 Å². The van der Waals surface area contributed by atoms with E-state index in [0.29, 0.717) is 4.90 Å². The van der Waals surface area contributed by atoms with Gasteiger partial charge in [-0.3, -0.25) is 9.59 Å². The number of aliphatic hydroxyl groups excluding tert-OH is 1. The second-order valence-corrected chi connectivity index (χ2v) is 7.23. The first-order chi connectivity index (χ1) is 15.2. The highest BCUT2D eigenvalue weighted by atomic mass is 19.3. The molecule has 0 bridgehead atoms. The van der Waals surface area contributed by atoms with Crippen LogP contribution in [0.1, 0.15) is 17.0 Å². The number of ether oxygens (including phenoxy) is 1. The summed E-state index contributed by atoms with van der Waals surface area (Å²) in [7, 11) is 0. The van der Waals surface area contributed by atoms with Gasteiger partial charge in [-0.2, -0.15) is 8.78 Å². The summed E-state index contributed by atoms with van der Waals surface area (Å²) >= 11 is 0. The molecule has 0 radical (unpaired) electrons. The van der Waals surface area contributed by atoms with E-state index in [1.165, 1.54) is 0 Å². The molecular weight excluding hydrogens is 426 g/mol. The maximum Gasteiger partial charge on any atom is 0.407 e. The number of carboxylic acids is 1. The predicted molar refractivity (Wildman–Crippen MR) is 109 cm³/mol. The van der Waals surface area contributed by atoms with Crippen molar-refractivity contribution < 1.29 is 38.1 Å². The lowest BCUT2D eigenvalue weighted by Gasteiger charge is -2.25. The van der Waals surface area contributed by atoms with Crippen LogP contribution in [0.25, 0.3) is 11.1 Å². The number of carbonyl (C=O) groups is 3. The van der Waals surface area contributed by atoms with Crippen LogP contribution in [0.3, 0.4) is 0 Å². The third kappa shape index (κ3) is 5.02. The van der Waals surface area contributed by atoms with E-state index in [9.17, 15) is 23.2 Å². The molecule has 0 atom stereocenters. The predicted octanol–water partition coefficient (Wildman–Crippen LogP) is 2.07. The number of aliphatic carboxylic acids is 1. The summed E-state index contributed by atoms with van der Waals surface area (Å²) in [5.41, 5.74) is 3.93. The Morgan fingerprint density at radius 3 is 2.12 bits per heavy atom. The highest BCUT2D eigenvalue weighted by molar-refractivity contribution is 5.87. The van der Waals surface area contributed by atoms with Crippen molar-refractivity contribution in [3.05, 3.63) is 59.7 Å². The Morgan fingerprint density at radius 2 is 1.59 bits per heavy atom. The molecule has 2 aromatic rings. The highest BCUT2D eigenvalue weighted by Gasteiger charge is 2.43. The molecule has 32 heavy (non-hydrogen) atoms. The first-order valence-corrected chi connectivity index (χ1v) is 9.83. The smallest absolute Gasteiger partial charge is 0.407 e. The summed E-state index contributed by atoms with van der Waals surface area (Å²) < 4.78 is 33.5. The van der Waals surface area contributed by atoms with E-state index < -0.39 is 50.1 Å². The zero-order chi connectivity index (χ0) is 23.3. The zero-order valence-electron chi connectivity index (χ0n) is 17.0. The van der Waals surface area contributed by atoms with Gasteiger partial charge in [0.2, 0.25) is 0 Å². The number of rotatable bonds is 9. The van der Waals surface area contributed by atoms with Crippen LogP contribution in [-0.4, -0.2) is 71.9 Å². The van der Waals surface area contributed by atoms with E-state index >= 15 is 0 Å². The minimum Gasteiger partial charge on any atom is -0.480 e. The van der Waals surface area contributed by atoms with Gasteiger partial charge in [0.25, 0.3) is 5.91 Å². The summed E-state index contributed by atoms with van der Waals surface area (Å²) in [6, 6.07) is 15.2. The molecule has 10 heteroatoms. The second kappa shape index (κ2) is 9.73. The van der Waals surface area contributed by atoms with Crippen LogP contribution in [0.4, 0.5) is 13.6 Å². The molecule has 1 aliphatic carbocycles. The fourth-order valence-corrected chi connectivity index (χ4v) is 3.68. The lowest BCUT2D eigenvalue weighted by Crippen LogP contribution is -2.52. The topological polar surface area (TPSA) is 116 Å². The lowest BCUT2D eigenvalue weighted by molar-refractivity contribution is -0.161. The highest BCUT2D eigenvalue weighted by Crippen LogP contribution is 2.44. The summed E-state index contributed by atoms with van der Waals surface area (Å²) in [5, 5.41) is 19.5. The largest absolute Gasteiger partial charge is 0.480 e. The number of benzene rings is 2. The van der Waals surface area contributed by atoms with Crippen LogP contribution >= 0.6 is 0 Å². The van der Waals surface area contributed by atoms with Gasteiger partial charge in [0.15, 0.2) is 0 Å². The number of nitrogens with zero attached hydrogens (tertiary/aromatic N) is 1. The van der Waals surface area contributed by atoms with Gasteiger partial charge in [-0.15, -0.1) is 0 Å². The number of hydrogen-bond donors (Lipinski definition) is 3. The SMILES string of the molecule is O=C(O)CN(CCO)C(=O)C(F)(F)CNC(=O)OCC1c2ccccc2-c2ccccc21. The number of fused-ring (bicyclic) bond motifs is 3. The van der Waals surface area contributed by atoms with Crippen LogP contribution in [0.15, 0.2) is 48.5 Å². The molecule has 0 saturated heterocycles. The average Bonchev–Trinajstić information content (AvgIpc) is 3.09. The van der Waals surface area contributed by atoms with Gasteiger partial charge in [-0.05, 0) is 22.3 Å². The monoisotopic (exact) mass is 448 g/mol. The number of halogens is 2. The lowest BCUT2D eigenvalue weighted by atomic mass is 9.98. The quantitative estimate of drug-likeness (QED) is 0.541. The Hall–Kier alpha value is -3.53. The number of amides is 2. The molecule has 8 nitrogen and oxygen atoms in total. The summed E-state index contributed by atoms with van der Waals surface area (Å²) in [4.78, 5) is 35.1. The third-order valence-electron chi connectivity index (χ3n) is 5.09. The van der Waals surface area contributed by atoms with Gasteiger partial charge in [-0.1, -0.05) is 48.5 Å². The van der Waals surface area contributed by atoms with Crippen molar-refractivity contribution in [2.75, 3.05) is 32.8 Å². The van der Waals surface area contributed by atoms with Crippen molar-refractivity contribution in [2.45, 2.75) is 11.8 Å². The van der Waals surface area contributed by atoms with Crippen molar-refractivity contribution in [1.82, 2.24) is 10.2 Å². The first kappa shape index (κ1) is 23.1. The van der Waals surface area contributed by atoms with E-state index in [4.69, 9.17) is 14.9 Å². The van der Waals surface area contributed by atoms with Crippen molar-refractivity contribution in [1.29, 1.82) is 0 Å². The van der Waals surface area contributed by atoms with Gasteiger partial charge in [0, 0.05) is 12.5 Å². The number of alkyl halides is 2. The molecule has 2 aromatic carbocycles. The molecule has 0 unspecified atom stereocenters. The Bertz CT molecular complexity index is 968. The number of aliphatic hydroxyl groups is 1. The van der Waals surface area contributed by atoms with E-state index in [2.05, 4.69) is 0 Å². The number of nitrogens with one attached hydrogen (secondary N) is 1. The standard InChI is InChI=1S/C22H22F2N2O6/c23-22(24,20(30)26(9-10-27)11-19(28)29)13-25-21(31)32-12-18-16-7-3-1-5-14(16)15-6-2-4-8-17(15)18/h1-8,18,27H,9-13H2,(H,25,31)(H,28,29). The molecule has 3 N–H and O–H groups in total. The maximum atomic E-state index is 14.2. The Balaban J connectivity index is 1.59. The Labute approximate surface area is 182 Å². The van der Waals surface area contributed by atoms with Crippen molar-refractivity contribution in [3.63, 3.8) is 0 Å². The van der Waals surface area contributed by atoms with Crippen LogP contribution in [0.5, 0.6) is 0 Å². The maximum absolute atomic E-state index is 14.2. The van der Waals surface area contributed by atoms with Gasteiger partial charge in [0.1, 0.15) is 13.2 Å². The molecule has 2 amide bonds. The summed E-state index contributed by atoms with van der Waals surface area (Å²) in [6.07, 6.45) is -1.13. The van der Waals surface area contributed by atoms with Gasteiger partial charge in [0.05, 0.1) is 13.2 Å². The molecule has 0 heterocycles. The Morgan fingerprint density at radius 1 is 1.03 bits per heavy atom. The van der Waals surface area contributed by atoms with Crippen molar-refractivity contribution >= 4 is 18.0 Å². The van der Waals surface area contributed by atoms with E-state index in [1.807, 2.05) is 53.8 Å².